The molecular formula is C17H28N4O10. The Bertz CT molecular complexity index is 655. The van der Waals surface area contributed by atoms with Gasteiger partial charge in [-0.05, 0) is 12.8 Å². The summed E-state index contributed by atoms with van der Waals surface area (Å²) in [5.41, 5.74) is 0. The number of carboxylic acid groups (broad SMARTS) is 3. The molecule has 2 atom stereocenters. The number of rotatable bonds is 16. The van der Waals surface area contributed by atoms with Crippen molar-refractivity contribution >= 4 is 35.8 Å². The van der Waals surface area contributed by atoms with Crippen molar-refractivity contribution in [1.82, 2.24) is 21.3 Å². The number of urea groups is 1. The van der Waals surface area contributed by atoms with E-state index in [0.29, 0.717) is 0 Å². The van der Waals surface area contributed by atoms with Crippen LogP contribution in [0.5, 0.6) is 0 Å². The summed E-state index contributed by atoms with van der Waals surface area (Å²) in [7, 11) is 1.46. The van der Waals surface area contributed by atoms with E-state index < -0.39 is 48.4 Å². The minimum absolute atomic E-state index is 0.118. The van der Waals surface area contributed by atoms with E-state index in [1.165, 1.54) is 7.11 Å². The number of carbonyl (C=O) groups is 6. The lowest BCUT2D eigenvalue weighted by Crippen LogP contribution is -2.51. The van der Waals surface area contributed by atoms with Crippen molar-refractivity contribution in [2.75, 3.05) is 26.8 Å². The van der Waals surface area contributed by atoms with Gasteiger partial charge >= 0.3 is 23.9 Å². The first-order valence-corrected chi connectivity index (χ1v) is 9.33. The summed E-state index contributed by atoms with van der Waals surface area (Å²) in [4.78, 5) is 67.9. The maximum Gasteiger partial charge on any atom is 0.326 e. The molecular weight excluding hydrogens is 420 g/mol. The molecule has 14 heteroatoms. The zero-order chi connectivity index (χ0) is 23.8. The Morgan fingerprint density at radius 3 is 1.61 bits per heavy atom. The van der Waals surface area contributed by atoms with Gasteiger partial charge in [-0.3, -0.25) is 14.4 Å². The molecule has 0 rings (SSSR count). The number of hydrogen-bond acceptors (Lipinski definition) is 7. The average Bonchev–Trinajstić information content (AvgIpc) is 2.69. The molecule has 31 heavy (non-hydrogen) atoms. The Hall–Kier alpha value is -3.42. The second-order valence-corrected chi connectivity index (χ2v) is 6.31. The molecule has 0 aromatic carbocycles. The fraction of sp³-hybridized carbons (Fsp3) is 0.647. The zero-order valence-corrected chi connectivity index (χ0v) is 17.0. The molecule has 0 bridgehead atoms. The van der Waals surface area contributed by atoms with Gasteiger partial charge in [0.15, 0.2) is 0 Å². The van der Waals surface area contributed by atoms with Crippen LogP contribution < -0.4 is 21.3 Å². The second kappa shape index (κ2) is 15.4. The van der Waals surface area contributed by atoms with Gasteiger partial charge in [0.2, 0.25) is 11.8 Å². The number of amides is 4. The summed E-state index contributed by atoms with van der Waals surface area (Å²) in [6, 6.07) is -4.12. The molecule has 0 saturated heterocycles. The normalized spacial score (nSPS) is 12.2. The van der Waals surface area contributed by atoms with Crippen molar-refractivity contribution < 1.29 is 48.8 Å². The highest BCUT2D eigenvalue weighted by Gasteiger charge is 2.25. The Labute approximate surface area is 177 Å². The van der Waals surface area contributed by atoms with E-state index in [9.17, 15) is 33.9 Å². The van der Waals surface area contributed by atoms with Crippen molar-refractivity contribution in [3.8, 4) is 0 Å². The third-order valence-electron chi connectivity index (χ3n) is 3.82. The maximum atomic E-state index is 11.9. The largest absolute Gasteiger partial charge is 0.481 e. The maximum absolute atomic E-state index is 11.9. The van der Waals surface area contributed by atoms with E-state index >= 15 is 0 Å². The van der Waals surface area contributed by atoms with Crippen LogP contribution in [0, 0.1) is 0 Å². The molecule has 176 valence electrons. The SMILES string of the molecule is COCCC(=O)NCCNC(=O)CC[C@H](NC(=O)N[C@@H](CCC(=O)O)C(=O)O)C(=O)O. The lowest BCUT2D eigenvalue weighted by Gasteiger charge is -2.18. The monoisotopic (exact) mass is 448 g/mol. The molecule has 0 aliphatic heterocycles. The molecule has 0 spiro atoms. The number of carbonyl (C=O) groups excluding carboxylic acids is 3. The van der Waals surface area contributed by atoms with Crippen molar-refractivity contribution in [2.45, 2.75) is 44.2 Å². The Morgan fingerprint density at radius 1 is 0.742 bits per heavy atom. The van der Waals surface area contributed by atoms with Crippen LogP contribution in [-0.4, -0.2) is 90.0 Å². The number of ether oxygens (including phenoxy) is 1. The van der Waals surface area contributed by atoms with Gasteiger partial charge in [-0.25, -0.2) is 14.4 Å². The summed E-state index contributed by atoms with van der Waals surface area (Å²) in [5.74, 6) is -4.93. The Morgan fingerprint density at radius 2 is 1.19 bits per heavy atom. The highest BCUT2D eigenvalue weighted by atomic mass is 16.5. The second-order valence-electron chi connectivity index (χ2n) is 6.31. The van der Waals surface area contributed by atoms with Gasteiger partial charge < -0.3 is 41.3 Å². The fourth-order valence-electron chi connectivity index (χ4n) is 2.19. The van der Waals surface area contributed by atoms with Crippen LogP contribution in [0.4, 0.5) is 4.79 Å². The lowest BCUT2D eigenvalue weighted by molar-refractivity contribution is -0.141. The number of nitrogens with one attached hydrogen (secondary N) is 4. The van der Waals surface area contributed by atoms with Crippen molar-refractivity contribution in [2.24, 2.45) is 0 Å². The van der Waals surface area contributed by atoms with Crippen molar-refractivity contribution in [3.05, 3.63) is 0 Å². The Kier molecular flexibility index (Phi) is 13.7. The van der Waals surface area contributed by atoms with E-state index in [1.807, 2.05) is 10.6 Å². The number of methoxy groups -OCH3 is 1. The van der Waals surface area contributed by atoms with Crippen LogP contribution in [0.2, 0.25) is 0 Å². The standard InChI is InChI=1S/C17H28N4O10/c1-31-9-6-13(23)19-8-7-18-12(22)4-2-10(15(26)27)20-17(30)21-11(16(28)29)3-5-14(24)25/h10-11H,2-9H2,1H3,(H,18,22)(H,19,23)(H,24,25)(H,26,27)(H,28,29)(H2,20,21,30)/t10-,11-/m0/s1. The van der Waals surface area contributed by atoms with Gasteiger partial charge in [-0.15, -0.1) is 0 Å². The molecule has 0 heterocycles. The highest BCUT2D eigenvalue weighted by molar-refractivity contribution is 5.86. The van der Waals surface area contributed by atoms with Crippen LogP contribution in [0.25, 0.3) is 0 Å². The Balaban J connectivity index is 4.38. The molecule has 0 fully saturated rings. The van der Waals surface area contributed by atoms with Crippen molar-refractivity contribution in [1.29, 1.82) is 0 Å². The first-order chi connectivity index (χ1) is 14.6. The fourth-order valence-corrected chi connectivity index (χ4v) is 2.19. The first-order valence-electron chi connectivity index (χ1n) is 9.33. The minimum atomic E-state index is -1.52. The van der Waals surface area contributed by atoms with E-state index in [4.69, 9.17) is 14.9 Å². The molecule has 4 amide bonds. The van der Waals surface area contributed by atoms with Crippen molar-refractivity contribution in [3.63, 3.8) is 0 Å². The smallest absolute Gasteiger partial charge is 0.326 e. The van der Waals surface area contributed by atoms with E-state index in [0.717, 1.165) is 0 Å². The molecule has 0 aliphatic rings. The average molecular weight is 448 g/mol. The predicted molar refractivity (Wildman–Crippen MR) is 103 cm³/mol. The molecule has 0 radical (unpaired) electrons. The van der Waals surface area contributed by atoms with Gasteiger partial charge in [-0.1, -0.05) is 0 Å². The van der Waals surface area contributed by atoms with Gasteiger partial charge in [0.05, 0.1) is 6.61 Å². The lowest BCUT2D eigenvalue weighted by atomic mass is 10.1. The summed E-state index contributed by atoms with van der Waals surface area (Å²) >= 11 is 0. The third kappa shape index (κ3) is 14.2. The topological polar surface area (TPSA) is 220 Å². The summed E-state index contributed by atoms with van der Waals surface area (Å²) in [5, 5.41) is 35.8. The molecule has 0 saturated carbocycles. The summed E-state index contributed by atoms with van der Waals surface area (Å²) in [6.07, 6.45) is -1.25. The first kappa shape index (κ1) is 27.6. The minimum Gasteiger partial charge on any atom is -0.481 e. The molecule has 7 N–H and O–H groups in total. The van der Waals surface area contributed by atoms with Crippen LogP contribution in [0.15, 0.2) is 0 Å². The van der Waals surface area contributed by atoms with E-state index in [1.54, 1.807) is 0 Å². The summed E-state index contributed by atoms with van der Waals surface area (Å²) in [6.45, 7) is 0.555. The summed E-state index contributed by atoms with van der Waals surface area (Å²) < 4.78 is 4.75. The molecule has 0 aromatic heterocycles. The van der Waals surface area contributed by atoms with Crippen LogP contribution in [0.3, 0.4) is 0 Å². The molecule has 0 aromatic rings. The molecule has 14 nitrogen and oxygen atoms in total. The van der Waals surface area contributed by atoms with Crippen LogP contribution in [0.1, 0.15) is 32.1 Å². The van der Waals surface area contributed by atoms with Gasteiger partial charge in [0, 0.05) is 39.5 Å². The third-order valence-corrected chi connectivity index (χ3v) is 3.82. The van der Waals surface area contributed by atoms with Crippen LogP contribution in [-0.2, 0) is 28.7 Å². The predicted octanol–water partition coefficient (Wildman–Crippen LogP) is -1.89. The molecule has 0 aliphatic carbocycles. The van der Waals surface area contributed by atoms with Crippen LogP contribution >= 0.6 is 0 Å². The van der Waals surface area contributed by atoms with Gasteiger partial charge in [0.1, 0.15) is 12.1 Å². The highest BCUT2D eigenvalue weighted by Crippen LogP contribution is 2.01. The number of carboxylic acids is 3. The van der Waals surface area contributed by atoms with Gasteiger partial charge in [0.25, 0.3) is 0 Å². The van der Waals surface area contributed by atoms with Gasteiger partial charge in [-0.2, -0.15) is 0 Å². The quantitative estimate of drug-likeness (QED) is 0.130. The molecule has 0 unspecified atom stereocenters. The van der Waals surface area contributed by atoms with E-state index in [2.05, 4.69) is 10.6 Å². The number of aliphatic carboxylic acids is 3. The van der Waals surface area contributed by atoms with E-state index in [-0.39, 0.29) is 51.3 Å². The number of hydrogen-bond donors (Lipinski definition) is 7. The zero-order valence-electron chi connectivity index (χ0n) is 17.0.